The van der Waals surface area contributed by atoms with Gasteiger partial charge in [-0.25, -0.2) is 8.78 Å². The second-order valence-electron chi connectivity index (χ2n) is 9.12. The Bertz CT molecular complexity index is 1230. The van der Waals surface area contributed by atoms with E-state index in [0.717, 1.165) is 35.2 Å². The molecule has 3 aromatic carbocycles. The molecule has 2 atom stereocenters. The monoisotopic (exact) mass is 499 g/mol. The number of benzene rings is 3. The van der Waals surface area contributed by atoms with Crippen LogP contribution in [0.15, 0.2) is 60.7 Å². The van der Waals surface area contributed by atoms with Crippen LogP contribution in [0.5, 0.6) is 0 Å². The minimum absolute atomic E-state index is 0. The summed E-state index contributed by atoms with van der Waals surface area (Å²) in [4.78, 5) is 28.4. The number of rotatable bonds is 6. The lowest BCUT2D eigenvalue weighted by molar-refractivity contribution is -0.138. The first-order valence-corrected chi connectivity index (χ1v) is 11.8. The molecule has 5 nitrogen and oxygen atoms in total. The first kappa shape index (κ1) is 25.1. The molecule has 1 saturated heterocycles. The highest BCUT2D eigenvalue weighted by Crippen LogP contribution is 2.32. The van der Waals surface area contributed by atoms with Crippen molar-refractivity contribution in [1.82, 2.24) is 15.5 Å². The molecular weight excluding hydrogens is 472 g/mol. The Balaban J connectivity index is 0.00000289. The van der Waals surface area contributed by atoms with Crippen LogP contribution in [0.1, 0.15) is 35.2 Å². The Hall–Kier alpha value is -3.03. The number of nitrogens with one attached hydrogen (secondary N) is 2. The molecule has 0 radical (unpaired) electrons. The molecule has 184 valence electrons. The van der Waals surface area contributed by atoms with Gasteiger partial charge in [0.1, 0.15) is 0 Å². The van der Waals surface area contributed by atoms with Gasteiger partial charge in [0.2, 0.25) is 5.91 Å². The predicted molar refractivity (Wildman–Crippen MR) is 133 cm³/mol. The fraction of sp³-hybridized carbons (Fsp3) is 0.333. The number of carbonyl (C=O) groups excluding carboxylic acids is 2. The number of amides is 2. The van der Waals surface area contributed by atoms with Crippen molar-refractivity contribution >= 4 is 35.0 Å². The van der Waals surface area contributed by atoms with E-state index in [1.165, 1.54) is 12.1 Å². The third-order valence-corrected chi connectivity index (χ3v) is 6.80. The number of hydrogen-bond donors (Lipinski definition) is 2. The second kappa shape index (κ2) is 10.7. The highest BCUT2D eigenvalue weighted by Gasteiger charge is 2.40. The van der Waals surface area contributed by atoms with Gasteiger partial charge in [0.15, 0.2) is 11.6 Å². The highest BCUT2D eigenvalue weighted by atomic mass is 35.5. The number of halogens is 3. The van der Waals surface area contributed by atoms with Crippen molar-refractivity contribution < 1.29 is 18.4 Å². The van der Waals surface area contributed by atoms with Crippen LogP contribution in [0.2, 0.25) is 0 Å². The molecule has 2 N–H and O–H groups in total. The molecule has 2 amide bonds. The van der Waals surface area contributed by atoms with E-state index in [1.807, 2.05) is 23.1 Å². The van der Waals surface area contributed by atoms with E-state index in [1.54, 1.807) is 0 Å². The van der Waals surface area contributed by atoms with Gasteiger partial charge >= 0.3 is 0 Å². The van der Waals surface area contributed by atoms with Gasteiger partial charge in [-0.05, 0) is 54.3 Å². The number of piperidine rings is 1. The molecule has 2 unspecified atom stereocenters. The lowest BCUT2D eigenvalue weighted by atomic mass is 9.91. The molecule has 1 heterocycles. The van der Waals surface area contributed by atoms with Crippen LogP contribution in [0.4, 0.5) is 8.78 Å². The largest absolute Gasteiger partial charge is 0.348 e. The van der Waals surface area contributed by atoms with Gasteiger partial charge in [-0.15, -0.1) is 12.4 Å². The number of fused-ring (bicyclic) bond motifs is 1. The summed E-state index contributed by atoms with van der Waals surface area (Å²) in [5.74, 6) is -3.45. The summed E-state index contributed by atoms with van der Waals surface area (Å²) in [5, 5.41) is 8.31. The van der Waals surface area contributed by atoms with Gasteiger partial charge in [-0.3, -0.25) is 9.59 Å². The molecule has 3 aromatic rings. The Labute approximate surface area is 209 Å². The Morgan fingerprint density at radius 2 is 1.71 bits per heavy atom. The Kier molecular flexibility index (Phi) is 7.67. The highest BCUT2D eigenvalue weighted by molar-refractivity contribution is 5.95. The molecule has 5 rings (SSSR count). The van der Waals surface area contributed by atoms with E-state index in [9.17, 15) is 18.4 Å². The maximum atomic E-state index is 14.2. The first-order valence-electron chi connectivity index (χ1n) is 11.8. The summed E-state index contributed by atoms with van der Waals surface area (Å²) in [6.45, 7) is 1.56. The predicted octanol–water partition coefficient (Wildman–Crippen LogP) is 4.44. The van der Waals surface area contributed by atoms with Crippen molar-refractivity contribution in [2.45, 2.75) is 37.9 Å². The van der Waals surface area contributed by atoms with Crippen LogP contribution in [0, 0.1) is 17.6 Å². The summed E-state index contributed by atoms with van der Waals surface area (Å²) in [6, 6.07) is 17.5. The van der Waals surface area contributed by atoms with Crippen LogP contribution in [-0.4, -0.2) is 41.9 Å². The van der Waals surface area contributed by atoms with E-state index >= 15 is 0 Å². The molecule has 2 aliphatic rings. The number of nitrogens with zero attached hydrogens (tertiary/aromatic N) is 1. The second-order valence-corrected chi connectivity index (χ2v) is 9.12. The van der Waals surface area contributed by atoms with Crippen molar-refractivity contribution in [2.24, 2.45) is 5.92 Å². The molecule has 8 heteroatoms. The van der Waals surface area contributed by atoms with Crippen molar-refractivity contribution in [3.05, 3.63) is 83.4 Å². The van der Waals surface area contributed by atoms with E-state index in [0.29, 0.717) is 26.1 Å². The summed E-state index contributed by atoms with van der Waals surface area (Å²) >= 11 is 0. The van der Waals surface area contributed by atoms with Gasteiger partial charge in [0, 0.05) is 25.2 Å². The average Bonchev–Trinajstić information content (AvgIpc) is 3.69. The SMILES string of the molecule is Cl.O=C(NC1CCNCC1C(=O)N(Cc1cccc2ccccc12)C1CC1)c1cccc(F)c1F. The summed E-state index contributed by atoms with van der Waals surface area (Å²) in [7, 11) is 0. The quantitative estimate of drug-likeness (QED) is 0.527. The van der Waals surface area contributed by atoms with Gasteiger partial charge in [0.25, 0.3) is 5.91 Å². The standard InChI is InChI=1S/C27H27F2N3O2.ClH/c28-23-10-4-9-21(25(23)29)26(33)31-24-13-14-30-15-22(24)27(34)32(19-11-12-19)16-18-7-3-6-17-5-1-2-8-20(17)18;/h1-10,19,22,24,30H,11-16H2,(H,31,33);1H. The summed E-state index contributed by atoms with van der Waals surface area (Å²) in [6.07, 6.45) is 2.45. The van der Waals surface area contributed by atoms with Crippen LogP contribution in [0.25, 0.3) is 10.8 Å². The number of carbonyl (C=O) groups is 2. The van der Waals surface area contributed by atoms with E-state index < -0.39 is 29.5 Å². The molecule has 1 aliphatic heterocycles. The molecule has 1 saturated carbocycles. The smallest absolute Gasteiger partial charge is 0.254 e. The van der Waals surface area contributed by atoms with Crippen LogP contribution >= 0.6 is 12.4 Å². The maximum absolute atomic E-state index is 14.2. The molecule has 0 spiro atoms. The van der Waals surface area contributed by atoms with Gasteiger partial charge in [-0.1, -0.05) is 48.5 Å². The lowest BCUT2D eigenvalue weighted by Gasteiger charge is -2.36. The topological polar surface area (TPSA) is 61.4 Å². The normalized spacial score (nSPS) is 19.6. The average molecular weight is 500 g/mol. The zero-order valence-corrected chi connectivity index (χ0v) is 20.0. The molecule has 2 fully saturated rings. The van der Waals surface area contributed by atoms with Gasteiger partial charge < -0.3 is 15.5 Å². The summed E-state index contributed by atoms with van der Waals surface area (Å²) in [5.41, 5.74) is 0.740. The molecule has 35 heavy (non-hydrogen) atoms. The first-order chi connectivity index (χ1) is 16.5. The molecular formula is C27H28ClF2N3O2. The minimum Gasteiger partial charge on any atom is -0.348 e. The third-order valence-electron chi connectivity index (χ3n) is 6.80. The van der Waals surface area contributed by atoms with Crippen LogP contribution in [0.3, 0.4) is 0 Å². The zero-order valence-electron chi connectivity index (χ0n) is 19.2. The van der Waals surface area contributed by atoms with E-state index in [4.69, 9.17) is 0 Å². The van der Waals surface area contributed by atoms with Crippen molar-refractivity contribution in [2.75, 3.05) is 13.1 Å². The Morgan fingerprint density at radius 1 is 0.971 bits per heavy atom. The minimum atomic E-state index is -1.17. The zero-order chi connectivity index (χ0) is 23.7. The van der Waals surface area contributed by atoms with Crippen LogP contribution in [-0.2, 0) is 11.3 Å². The van der Waals surface area contributed by atoms with Gasteiger partial charge in [-0.2, -0.15) is 0 Å². The molecule has 1 aliphatic carbocycles. The van der Waals surface area contributed by atoms with Crippen LogP contribution < -0.4 is 10.6 Å². The third kappa shape index (κ3) is 5.31. The summed E-state index contributed by atoms with van der Waals surface area (Å²) < 4.78 is 27.8. The number of hydrogen-bond acceptors (Lipinski definition) is 3. The van der Waals surface area contributed by atoms with E-state index in [-0.39, 0.29) is 29.9 Å². The lowest BCUT2D eigenvalue weighted by Crippen LogP contribution is -2.55. The Morgan fingerprint density at radius 3 is 2.51 bits per heavy atom. The van der Waals surface area contributed by atoms with Gasteiger partial charge in [0.05, 0.1) is 11.5 Å². The fourth-order valence-corrected chi connectivity index (χ4v) is 4.82. The van der Waals surface area contributed by atoms with Crippen molar-refractivity contribution in [1.29, 1.82) is 0 Å². The van der Waals surface area contributed by atoms with E-state index in [2.05, 4.69) is 34.9 Å². The molecule has 0 aromatic heterocycles. The van der Waals surface area contributed by atoms with Crippen molar-refractivity contribution in [3.63, 3.8) is 0 Å². The molecule has 0 bridgehead atoms. The van der Waals surface area contributed by atoms with Crippen molar-refractivity contribution in [3.8, 4) is 0 Å². The maximum Gasteiger partial charge on any atom is 0.254 e. The fourth-order valence-electron chi connectivity index (χ4n) is 4.82.